The Bertz CT molecular complexity index is 714. The van der Waals surface area contributed by atoms with Crippen molar-refractivity contribution in [3.05, 3.63) is 41.9 Å². The second-order valence-electron chi connectivity index (χ2n) is 7.23. The van der Waals surface area contributed by atoms with Gasteiger partial charge in [-0.05, 0) is 56.9 Å². The van der Waals surface area contributed by atoms with Crippen molar-refractivity contribution >= 4 is 0 Å². The number of aromatic nitrogens is 2. The van der Waals surface area contributed by atoms with Gasteiger partial charge in [-0.1, -0.05) is 6.92 Å². The molecular weight excluding hydrogens is 324 g/mol. The quantitative estimate of drug-likeness (QED) is 0.798. The Morgan fingerprint density at radius 3 is 2.52 bits per heavy atom. The molecule has 0 aromatic carbocycles. The molecule has 6 heteroatoms. The first-order valence-electron chi connectivity index (χ1n) is 8.28. The molecule has 0 saturated heterocycles. The Morgan fingerprint density at radius 2 is 1.92 bits per heavy atom. The third-order valence-electron chi connectivity index (χ3n) is 3.75. The first kappa shape index (κ1) is 19.2. The van der Waals surface area contributed by atoms with Crippen LogP contribution in [0.25, 0.3) is 11.1 Å². The molecule has 0 aliphatic carbocycles. The van der Waals surface area contributed by atoms with Crippen LogP contribution in [0.4, 0.5) is 8.78 Å². The van der Waals surface area contributed by atoms with Crippen molar-refractivity contribution in [2.45, 2.75) is 46.1 Å². The zero-order valence-electron chi connectivity index (χ0n) is 15.1. The summed E-state index contributed by atoms with van der Waals surface area (Å²) in [5.74, 6) is 0.850. The smallest absolute Gasteiger partial charge is 0.280 e. The van der Waals surface area contributed by atoms with Crippen LogP contribution in [-0.2, 0) is 0 Å². The number of rotatable bonds is 7. The van der Waals surface area contributed by atoms with Crippen LogP contribution in [0.3, 0.4) is 0 Å². The summed E-state index contributed by atoms with van der Waals surface area (Å²) >= 11 is 0. The standard InChI is InChI=1S/C19H25F2N3O/c1-12(9-19(3,4)22)11-25-18-13(2)7-15(10-24-18)14-5-6-23-16(8-14)17(20)21/h5-8,10,12,17H,9,11,22H2,1-4H3. The summed E-state index contributed by atoms with van der Waals surface area (Å²) in [5, 5.41) is 0. The van der Waals surface area contributed by atoms with Gasteiger partial charge in [0.1, 0.15) is 5.69 Å². The van der Waals surface area contributed by atoms with Crippen molar-refractivity contribution in [2.24, 2.45) is 11.7 Å². The van der Waals surface area contributed by atoms with E-state index in [9.17, 15) is 8.78 Å². The van der Waals surface area contributed by atoms with E-state index in [0.717, 1.165) is 17.5 Å². The number of alkyl halides is 2. The summed E-state index contributed by atoms with van der Waals surface area (Å²) in [4.78, 5) is 8.01. The van der Waals surface area contributed by atoms with Gasteiger partial charge in [0.2, 0.25) is 5.88 Å². The van der Waals surface area contributed by atoms with Crippen LogP contribution in [0.2, 0.25) is 0 Å². The highest BCUT2D eigenvalue weighted by Crippen LogP contribution is 2.27. The van der Waals surface area contributed by atoms with Crippen LogP contribution in [-0.4, -0.2) is 22.1 Å². The lowest BCUT2D eigenvalue weighted by Gasteiger charge is -2.23. The summed E-state index contributed by atoms with van der Waals surface area (Å²) in [5.41, 5.74) is 7.81. The fourth-order valence-electron chi connectivity index (χ4n) is 2.80. The minimum atomic E-state index is -2.59. The Labute approximate surface area is 147 Å². The van der Waals surface area contributed by atoms with Gasteiger partial charge in [0.25, 0.3) is 6.43 Å². The molecular formula is C19H25F2N3O. The summed E-state index contributed by atoms with van der Waals surface area (Å²) in [6.45, 7) is 8.48. The number of halogens is 2. The molecule has 0 bridgehead atoms. The van der Waals surface area contributed by atoms with Crippen molar-refractivity contribution in [1.82, 2.24) is 9.97 Å². The monoisotopic (exact) mass is 349 g/mol. The van der Waals surface area contributed by atoms with Crippen LogP contribution >= 0.6 is 0 Å². The van der Waals surface area contributed by atoms with Gasteiger partial charge in [-0.15, -0.1) is 0 Å². The first-order chi connectivity index (χ1) is 11.7. The molecule has 136 valence electrons. The van der Waals surface area contributed by atoms with Crippen LogP contribution < -0.4 is 10.5 Å². The van der Waals surface area contributed by atoms with Crippen LogP contribution in [0.5, 0.6) is 5.88 Å². The zero-order chi connectivity index (χ0) is 18.6. The van der Waals surface area contributed by atoms with Gasteiger partial charge >= 0.3 is 0 Å². The SMILES string of the molecule is Cc1cc(-c2ccnc(C(F)F)c2)cnc1OCC(C)CC(C)(C)N. The van der Waals surface area contributed by atoms with Gasteiger partial charge in [-0.2, -0.15) is 0 Å². The van der Waals surface area contributed by atoms with E-state index >= 15 is 0 Å². The lowest BCUT2D eigenvalue weighted by atomic mass is 9.93. The highest BCUT2D eigenvalue weighted by molar-refractivity contribution is 5.64. The third-order valence-corrected chi connectivity index (χ3v) is 3.75. The number of pyridine rings is 2. The second kappa shape index (κ2) is 7.87. The van der Waals surface area contributed by atoms with E-state index in [0.29, 0.717) is 24.0 Å². The van der Waals surface area contributed by atoms with Crippen molar-refractivity contribution in [3.8, 4) is 17.0 Å². The fourth-order valence-corrected chi connectivity index (χ4v) is 2.80. The molecule has 2 aromatic heterocycles. The third kappa shape index (κ3) is 5.74. The molecule has 4 nitrogen and oxygen atoms in total. The molecule has 1 atom stereocenters. The number of hydrogen-bond acceptors (Lipinski definition) is 4. The van der Waals surface area contributed by atoms with E-state index in [-0.39, 0.29) is 11.2 Å². The molecule has 0 radical (unpaired) electrons. The van der Waals surface area contributed by atoms with E-state index in [1.165, 1.54) is 12.3 Å². The molecule has 0 amide bonds. The minimum absolute atomic E-state index is 0.237. The van der Waals surface area contributed by atoms with Gasteiger partial charge in [0.05, 0.1) is 6.61 Å². The molecule has 0 aliphatic rings. The zero-order valence-corrected chi connectivity index (χ0v) is 15.1. The van der Waals surface area contributed by atoms with Gasteiger partial charge in [0, 0.05) is 29.1 Å². The van der Waals surface area contributed by atoms with E-state index in [1.54, 1.807) is 12.3 Å². The molecule has 0 spiro atoms. The van der Waals surface area contributed by atoms with Crippen LogP contribution in [0.15, 0.2) is 30.6 Å². The van der Waals surface area contributed by atoms with E-state index < -0.39 is 6.43 Å². The molecule has 0 saturated carbocycles. The average Bonchev–Trinajstić information content (AvgIpc) is 2.52. The van der Waals surface area contributed by atoms with Crippen molar-refractivity contribution in [1.29, 1.82) is 0 Å². The second-order valence-corrected chi connectivity index (χ2v) is 7.23. The van der Waals surface area contributed by atoms with Crippen molar-refractivity contribution in [3.63, 3.8) is 0 Å². The molecule has 2 heterocycles. The largest absolute Gasteiger partial charge is 0.477 e. The fraction of sp³-hybridized carbons (Fsp3) is 0.474. The Hall–Kier alpha value is -2.08. The number of nitrogens with zero attached hydrogens (tertiary/aromatic N) is 2. The lowest BCUT2D eigenvalue weighted by molar-refractivity contribution is 0.146. The summed E-state index contributed by atoms with van der Waals surface area (Å²) in [7, 11) is 0. The van der Waals surface area contributed by atoms with Crippen LogP contribution in [0, 0.1) is 12.8 Å². The molecule has 1 unspecified atom stereocenters. The molecule has 25 heavy (non-hydrogen) atoms. The van der Waals surface area contributed by atoms with Crippen LogP contribution in [0.1, 0.15) is 44.9 Å². The van der Waals surface area contributed by atoms with Gasteiger partial charge in [-0.25, -0.2) is 13.8 Å². The maximum atomic E-state index is 12.8. The van der Waals surface area contributed by atoms with E-state index in [1.807, 2.05) is 26.8 Å². The average molecular weight is 349 g/mol. The predicted octanol–water partition coefficient (Wildman–Crippen LogP) is 4.53. The molecule has 2 rings (SSSR count). The topological polar surface area (TPSA) is 61.0 Å². The van der Waals surface area contributed by atoms with Gasteiger partial charge in [0.15, 0.2) is 0 Å². The van der Waals surface area contributed by atoms with Gasteiger partial charge in [-0.3, -0.25) is 4.98 Å². The molecule has 2 aromatic rings. The lowest BCUT2D eigenvalue weighted by Crippen LogP contribution is -2.35. The van der Waals surface area contributed by atoms with Crippen molar-refractivity contribution < 1.29 is 13.5 Å². The number of ether oxygens (including phenoxy) is 1. The van der Waals surface area contributed by atoms with E-state index in [4.69, 9.17) is 10.5 Å². The number of hydrogen-bond donors (Lipinski definition) is 1. The Kier molecular flexibility index (Phi) is 6.06. The summed E-state index contributed by atoms with van der Waals surface area (Å²) in [6.07, 6.45) is 1.26. The predicted molar refractivity (Wildman–Crippen MR) is 94.7 cm³/mol. The highest BCUT2D eigenvalue weighted by Gasteiger charge is 2.17. The number of aryl methyl sites for hydroxylation is 1. The molecule has 2 N–H and O–H groups in total. The highest BCUT2D eigenvalue weighted by atomic mass is 19.3. The van der Waals surface area contributed by atoms with Gasteiger partial charge < -0.3 is 10.5 Å². The van der Waals surface area contributed by atoms with Crippen molar-refractivity contribution in [2.75, 3.05) is 6.61 Å². The first-order valence-corrected chi connectivity index (χ1v) is 8.28. The normalized spacial score (nSPS) is 13.1. The number of nitrogens with two attached hydrogens (primary N) is 1. The Balaban J connectivity index is 2.09. The van der Waals surface area contributed by atoms with E-state index in [2.05, 4.69) is 16.9 Å². The summed E-state index contributed by atoms with van der Waals surface area (Å²) in [6, 6.07) is 4.95. The Morgan fingerprint density at radius 1 is 1.20 bits per heavy atom. The maximum Gasteiger partial charge on any atom is 0.280 e. The molecule has 0 fully saturated rings. The summed E-state index contributed by atoms with van der Waals surface area (Å²) < 4.78 is 31.4. The molecule has 0 aliphatic heterocycles. The minimum Gasteiger partial charge on any atom is -0.477 e. The maximum absolute atomic E-state index is 12.8.